The number of methoxy groups -OCH3 is 2. The lowest BCUT2D eigenvalue weighted by Gasteiger charge is -2.12. The number of benzene rings is 2. The van der Waals surface area contributed by atoms with Crippen LogP contribution in [0.5, 0.6) is 0 Å². The predicted molar refractivity (Wildman–Crippen MR) is 107 cm³/mol. The van der Waals surface area contributed by atoms with Gasteiger partial charge in [0.15, 0.2) is 0 Å². The summed E-state index contributed by atoms with van der Waals surface area (Å²) in [7, 11) is 2.69. The van der Waals surface area contributed by atoms with Crippen molar-refractivity contribution in [3.8, 4) is 0 Å². The highest BCUT2D eigenvalue weighted by Gasteiger charge is 2.30. The minimum Gasteiger partial charge on any atom is -0.503 e. The van der Waals surface area contributed by atoms with E-state index in [-0.39, 0.29) is 12.2 Å². The van der Waals surface area contributed by atoms with Crippen LogP contribution in [-0.4, -0.2) is 25.9 Å². The first-order valence-electron chi connectivity index (χ1n) is 9.07. The minimum absolute atomic E-state index is 0.0400. The van der Waals surface area contributed by atoms with Crippen molar-refractivity contribution in [1.82, 2.24) is 0 Å². The van der Waals surface area contributed by atoms with Crippen LogP contribution in [0.15, 0.2) is 59.9 Å². The standard InChI is InChI=1S/C22H22F3NO4/c1-4-20(15-9-11-17(12-10-15)22(23,24)25)26-30-13-16-7-5-6-8-18(16)19(14-28-2)21(27)29-3/h5-12,14H,4,13H2,1-3H3/b19-14+,26-20+. The summed E-state index contributed by atoms with van der Waals surface area (Å²) < 4.78 is 48.0. The summed E-state index contributed by atoms with van der Waals surface area (Å²) in [4.78, 5) is 17.5. The molecule has 160 valence electrons. The first-order valence-corrected chi connectivity index (χ1v) is 9.07. The van der Waals surface area contributed by atoms with Gasteiger partial charge in [-0.05, 0) is 29.7 Å². The molecule has 2 aromatic rings. The Bertz CT molecular complexity index is 919. The maximum Gasteiger partial charge on any atom is 0.416 e. The van der Waals surface area contributed by atoms with E-state index in [1.807, 2.05) is 6.92 Å². The average molecular weight is 421 g/mol. The van der Waals surface area contributed by atoms with Gasteiger partial charge in [0.05, 0.1) is 31.8 Å². The van der Waals surface area contributed by atoms with E-state index in [4.69, 9.17) is 14.3 Å². The maximum absolute atomic E-state index is 12.7. The second-order valence-electron chi connectivity index (χ2n) is 6.16. The monoisotopic (exact) mass is 421 g/mol. The van der Waals surface area contributed by atoms with Crippen molar-refractivity contribution in [2.75, 3.05) is 14.2 Å². The van der Waals surface area contributed by atoms with Crippen LogP contribution in [0.25, 0.3) is 5.57 Å². The third-order valence-electron chi connectivity index (χ3n) is 4.22. The molecule has 2 rings (SSSR count). The second kappa shape index (κ2) is 10.5. The summed E-state index contributed by atoms with van der Waals surface area (Å²) in [5.74, 6) is -0.563. The summed E-state index contributed by atoms with van der Waals surface area (Å²) in [5.41, 5.74) is 1.76. The Balaban J connectivity index is 2.21. The Morgan fingerprint density at radius 1 is 1.07 bits per heavy atom. The highest BCUT2D eigenvalue weighted by atomic mass is 19.4. The first kappa shape index (κ1) is 23.0. The molecule has 0 spiro atoms. The van der Waals surface area contributed by atoms with Crippen molar-refractivity contribution >= 4 is 17.3 Å². The van der Waals surface area contributed by atoms with E-state index in [1.165, 1.54) is 32.6 Å². The molecule has 8 heteroatoms. The van der Waals surface area contributed by atoms with E-state index >= 15 is 0 Å². The number of rotatable bonds is 8. The quantitative estimate of drug-likeness (QED) is 0.193. The van der Waals surface area contributed by atoms with Crippen LogP contribution in [0.2, 0.25) is 0 Å². The first-order chi connectivity index (χ1) is 14.3. The summed E-state index contributed by atoms with van der Waals surface area (Å²) >= 11 is 0. The van der Waals surface area contributed by atoms with Gasteiger partial charge < -0.3 is 14.3 Å². The molecule has 0 saturated carbocycles. The Morgan fingerprint density at radius 3 is 2.30 bits per heavy atom. The number of alkyl halides is 3. The van der Waals surface area contributed by atoms with Gasteiger partial charge in [-0.15, -0.1) is 0 Å². The van der Waals surface area contributed by atoms with Crippen LogP contribution in [0, 0.1) is 0 Å². The molecule has 0 unspecified atom stereocenters. The molecular weight excluding hydrogens is 399 g/mol. The lowest BCUT2D eigenvalue weighted by molar-refractivity contribution is -0.137. The van der Waals surface area contributed by atoms with Gasteiger partial charge in [-0.25, -0.2) is 4.79 Å². The molecule has 0 N–H and O–H groups in total. The van der Waals surface area contributed by atoms with Gasteiger partial charge in [0, 0.05) is 5.56 Å². The summed E-state index contributed by atoms with van der Waals surface area (Å²) in [6.45, 7) is 1.86. The van der Waals surface area contributed by atoms with Gasteiger partial charge in [0.2, 0.25) is 0 Å². The van der Waals surface area contributed by atoms with Gasteiger partial charge in [0.25, 0.3) is 0 Å². The molecule has 0 aromatic heterocycles. The van der Waals surface area contributed by atoms with Gasteiger partial charge >= 0.3 is 12.1 Å². The van der Waals surface area contributed by atoms with E-state index in [1.54, 1.807) is 24.3 Å². The fraction of sp³-hybridized carbons (Fsp3) is 0.273. The van der Waals surface area contributed by atoms with Crippen molar-refractivity contribution in [2.45, 2.75) is 26.1 Å². The fourth-order valence-electron chi connectivity index (χ4n) is 2.71. The Hall–Kier alpha value is -3.29. The molecule has 0 heterocycles. The molecule has 0 radical (unpaired) electrons. The van der Waals surface area contributed by atoms with Crippen LogP contribution in [-0.2, 0) is 31.9 Å². The van der Waals surface area contributed by atoms with Crippen molar-refractivity contribution < 1.29 is 32.3 Å². The normalized spacial score (nSPS) is 12.5. The van der Waals surface area contributed by atoms with Gasteiger partial charge in [-0.2, -0.15) is 13.2 Å². The Morgan fingerprint density at radius 2 is 1.73 bits per heavy atom. The van der Waals surface area contributed by atoms with E-state index in [2.05, 4.69) is 5.16 Å². The summed E-state index contributed by atoms with van der Waals surface area (Å²) in [6.07, 6.45) is -2.65. The fourth-order valence-corrected chi connectivity index (χ4v) is 2.71. The highest BCUT2D eigenvalue weighted by Crippen LogP contribution is 2.29. The number of carbonyl (C=O) groups excluding carboxylic acids is 1. The second-order valence-corrected chi connectivity index (χ2v) is 6.16. The molecule has 0 amide bonds. The zero-order valence-electron chi connectivity index (χ0n) is 16.8. The summed E-state index contributed by atoms with van der Waals surface area (Å²) in [5, 5.41) is 4.08. The molecule has 0 fully saturated rings. The van der Waals surface area contributed by atoms with E-state index in [0.717, 1.165) is 12.1 Å². The van der Waals surface area contributed by atoms with Crippen molar-refractivity contribution in [3.63, 3.8) is 0 Å². The molecule has 0 saturated heterocycles. The van der Waals surface area contributed by atoms with E-state index in [9.17, 15) is 18.0 Å². The van der Waals surface area contributed by atoms with Gasteiger partial charge in [-0.1, -0.05) is 48.5 Å². The van der Waals surface area contributed by atoms with Crippen LogP contribution in [0.3, 0.4) is 0 Å². The Kier molecular flexibility index (Phi) is 8.03. The summed E-state index contributed by atoms with van der Waals surface area (Å²) in [6, 6.07) is 11.8. The van der Waals surface area contributed by atoms with Crippen LogP contribution >= 0.6 is 0 Å². The SMILES string of the molecule is CC/C(=N\OCc1ccccc1/C(=C\OC)C(=O)OC)c1ccc(C(F)(F)F)cc1. The number of hydrogen-bond acceptors (Lipinski definition) is 5. The van der Waals surface area contributed by atoms with Crippen LogP contribution in [0.1, 0.15) is 35.6 Å². The minimum atomic E-state index is -4.39. The van der Waals surface area contributed by atoms with Crippen molar-refractivity contribution in [1.29, 1.82) is 0 Å². The number of carbonyl (C=O) groups is 1. The number of nitrogens with zero attached hydrogens (tertiary/aromatic N) is 1. The lowest BCUT2D eigenvalue weighted by Crippen LogP contribution is -2.08. The maximum atomic E-state index is 12.7. The molecule has 0 aliphatic heterocycles. The zero-order valence-corrected chi connectivity index (χ0v) is 16.8. The number of hydrogen-bond donors (Lipinski definition) is 0. The smallest absolute Gasteiger partial charge is 0.416 e. The topological polar surface area (TPSA) is 57.1 Å². The van der Waals surface area contributed by atoms with Crippen molar-refractivity contribution in [2.24, 2.45) is 5.16 Å². The van der Waals surface area contributed by atoms with Crippen LogP contribution in [0.4, 0.5) is 13.2 Å². The number of halogens is 3. The molecule has 5 nitrogen and oxygen atoms in total. The molecular formula is C22H22F3NO4. The molecule has 0 aliphatic rings. The highest BCUT2D eigenvalue weighted by molar-refractivity contribution is 6.16. The lowest BCUT2D eigenvalue weighted by atomic mass is 10.0. The van der Waals surface area contributed by atoms with Crippen LogP contribution < -0.4 is 0 Å². The number of esters is 1. The molecule has 2 aromatic carbocycles. The molecule has 30 heavy (non-hydrogen) atoms. The third-order valence-corrected chi connectivity index (χ3v) is 4.22. The number of ether oxygens (including phenoxy) is 2. The molecule has 0 bridgehead atoms. The van der Waals surface area contributed by atoms with E-state index in [0.29, 0.717) is 28.8 Å². The largest absolute Gasteiger partial charge is 0.503 e. The van der Waals surface area contributed by atoms with Gasteiger partial charge in [-0.3, -0.25) is 0 Å². The van der Waals surface area contributed by atoms with E-state index < -0.39 is 17.7 Å². The predicted octanol–water partition coefficient (Wildman–Crippen LogP) is 5.20. The van der Waals surface area contributed by atoms with Gasteiger partial charge in [0.1, 0.15) is 12.2 Å². The third kappa shape index (κ3) is 5.85. The zero-order chi connectivity index (χ0) is 22.1. The molecule has 0 atom stereocenters. The average Bonchev–Trinajstić information content (AvgIpc) is 2.74. The number of oxime groups is 1. The molecule has 0 aliphatic carbocycles. The Labute approximate surface area is 172 Å². The van der Waals surface area contributed by atoms with Crippen molar-refractivity contribution in [3.05, 3.63) is 77.0 Å².